The lowest BCUT2D eigenvalue weighted by Gasteiger charge is -2.27. The van der Waals surface area contributed by atoms with Crippen LogP contribution in [0.1, 0.15) is 18.1 Å². The summed E-state index contributed by atoms with van der Waals surface area (Å²) in [6.45, 7) is 4.46. The molecule has 1 atom stereocenters. The summed E-state index contributed by atoms with van der Waals surface area (Å²) in [5.74, 6) is -0.0746. The van der Waals surface area contributed by atoms with Crippen LogP contribution in [0.25, 0.3) is 0 Å². The number of amides is 1. The summed E-state index contributed by atoms with van der Waals surface area (Å²) in [5, 5.41) is 12.9. The predicted molar refractivity (Wildman–Crippen MR) is 84.8 cm³/mol. The number of aryl methyl sites for hydroxylation is 1. The van der Waals surface area contributed by atoms with Crippen LogP contribution in [0, 0.1) is 6.92 Å². The van der Waals surface area contributed by atoms with Gasteiger partial charge in [-0.3, -0.25) is 4.79 Å². The van der Waals surface area contributed by atoms with E-state index in [0.29, 0.717) is 13.0 Å². The standard InChI is InChI=1S/C15H23BrN2O2/c1-11-7-13(16)6-5-12(11)8-14(19)17-9-15(2,20)10-18(3)4/h5-7,20H,8-10H2,1-4H3,(H,17,19). The van der Waals surface area contributed by atoms with Gasteiger partial charge in [-0.25, -0.2) is 0 Å². The molecule has 0 spiro atoms. The highest BCUT2D eigenvalue weighted by atomic mass is 79.9. The molecule has 1 aromatic carbocycles. The Morgan fingerprint density at radius 2 is 2.10 bits per heavy atom. The minimum Gasteiger partial charge on any atom is -0.387 e. The Kier molecular flexibility index (Phi) is 6.17. The number of carbonyl (C=O) groups excluding carboxylic acids is 1. The van der Waals surface area contributed by atoms with Crippen molar-refractivity contribution < 1.29 is 9.90 Å². The third kappa shape index (κ3) is 6.03. The highest BCUT2D eigenvalue weighted by Gasteiger charge is 2.22. The average molecular weight is 343 g/mol. The molecular formula is C15H23BrN2O2. The first-order chi connectivity index (χ1) is 9.19. The van der Waals surface area contributed by atoms with Gasteiger partial charge in [0.15, 0.2) is 0 Å². The molecule has 2 N–H and O–H groups in total. The molecule has 0 aliphatic carbocycles. The summed E-state index contributed by atoms with van der Waals surface area (Å²) in [6.07, 6.45) is 0.331. The molecule has 0 aliphatic rings. The van der Waals surface area contributed by atoms with Gasteiger partial charge >= 0.3 is 0 Å². The lowest BCUT2D eigenvalue weighted by atomic mass is 10.0. The molecule has 5 heteroatoms. The van der Waals surface area contributed by atoms with E-state index in [1.165, 1.54) is 0 Å². The van der Waals surface area contributed by atoms with E-state index in [1.807, 2.05) is 44.1 Å². The predicted octanol–water partition coefficient (Wildman–Crippen LogP) is 1.73. The Morgan fingerprint density at radius 1 is 1.45 bits per heavy atom. The Morgan fingerprint density at radius 3 is 2.65 bits per heavy atom. The largest absolute Gasteiger partial charge is 0.387 e. The quantitative estimate of drug-likeness (QED) is 0.827. The van der Waals surface area contributed by atoms with Crippen LogP contribution in [0.3, 0.4) is 0 Å². The summed E-state index contributed by atoms with van der Waals surface area (Å²) < 4.78 is 1.01. The van der Waals surface area contributed by atoms with Crippen LogP contribution in [0.4, 0.5) is 0 Å². The van der Waals surface area contributed by atoms with Gasteiger partial charge < -0.3 is 15.3 Å². The molecule has 20 heavy (non-hydrogen) atoms. The Bertz CT molecular complexity index is 473. The van der Waals surface area contributed by atoms with Gasteiger partial charge in [-0.15, -0.1) is 0 Å². The van der Waals surface area contributed by atoms with E-state index in [1.54, 1.807) is 6.92 Å². The molecule has 0 radical (unpaired) electrons. The first-order valence-electron chi connectivity index (χ1n) is 6.58. The highest BCUT2D eigenvalue weighted by molar-refractivity contribution is 9.10. The molecular weight excluding hydrogens is 320 g/mol. The zero-order chi connectivity index (χ0) is 15.3. The SMILES string of the molecule is Cc1cc(Br)ccc1CC(=O)NCC(C)(O)CN(C)C. The van der Waals surface area contributed by atoms with E-state index in [2.05, 4.69) is 21.2 Å². The maximum absolute atomic E-state index is 11.9. The second-order valence-electron chi connectivity index (χ2n) is 5.76. The van der Waals surface area contributed by atoms with Crippen molar-refractivity contribution in [2.75, 3.05) is 27.2 Å². The van der Waals surface area contributed by atoms with E-state index in [9.17, 15) is 9.90 Å². The molecule has 4 nitrogen and oxygen atoms in total. The zero-order valence-electron chi connectivity index (χ0n) is 12.5. The third-order valence-corrected chi connectivity index (χ3v) is 3.47. The average Bonchev–Trinajstić information content (AvgIpc) is 2.29. The van der Waals surface area contributed by atoms with Gasteiger partial charge in [0.05, 0.1) is 12.0 Å². The fraction of sp³-hybridized carbons (Fsp3) is 0.533. The normalized spacial score (nSPS) is 14.2. The van der Waals surface area contributed by atoms with E-state index in [-0.39, 0.29) is 12.5 Å². The summed E-state index contributed by atoms with van der Waals surface area (Å²) >= 11 is 3.40. The Hall–Kier alpha value is -0.910. The monoisotopic (exact) mass is 342 g/mol. The molecule has 1 rings (SSSR count). The number of nitrogens with one attached hydrogen (secondary N) is 1. The van der Waals surface area contributed by atoms with Crippen LogP contribution < -0.4 is 5.32 Å². The second kappa shape index (κ2) is 7.20. The smallest absolute Gasteiger partial charge is 0.224 e. The van der Waals surface area contributed by atoms with Crippen LogP contribution in [0.15, 0.2) is 22.7 Å². The van der Waals surface area contributed by atoms with Gasteiger partial charge in [-0.1, -0.05) is 22.0 Å². The number of hydrogen-bond donors (Lipinski definition) is 2. The van der Waals surface area contributed by atoms with Crippen molar-refractivity contribution in [3.63, 3.8) is 0 Å². The fourth-order valence-electron chi connectivity index (χ4n) is 2.12. The lowest BCUT2D eigenvalue weighted by Crippen LogP contribution is -2.47. The summed E-state index contributed by atoms with van der Waals surface area (Å²) in [4.78, 5) is 13.8. The number of hydrogen-bond acceptors (Lipinski definition) is 3. The molecule has 0 bridgehead atoms. The van der Waals surface area contributed by atoms with E-state index < -0.39 is 5.60 Å². The van der Waals surface area contributed by atoms with Gasteiger partial charge in [0.1, 0.15) is 0 Å². The van der Waals surface area contributed by atoms with Gasteiger partial charge in [-0.2, -0.15) is 0 Å². The molecule has 112 valence electrons. The van der Waals surface area contributed by atoms with Crippen molar-refractivity contribution in [1.82, 2.24) is 10.2 Å². The highest BCUT2D eigenvalue weighted by Crippen LogP contribution is 2.16. The van der Waals surface area contributed by atoms with Crippen LogP contribution in [-0.4, -0.2) is 48.7 Å². The van der Waals surface area contributed by atoms with Crippen LogP contribution in [0.2, 0.25) is 0 Å². The van der Waals surface area contributed by atoms with Crippen molar-refractivity contribution >= 4 is 21.8 Å². The van der Waals surface area contributed by atoms with Crippen LogP contribution in [-0.2, 0) is 11.2 Å². The summed E-state index contributed by atoms with van der Waals surface area (Å²) in [6, 6.07) is 5.86. The fourth-order valence-corrected chi connectivity index (χ4v) is 2.59. The minimum absolute atomic E-state index is 0.0746. The number of aliphatic hydroxyl groups is 1. The first-order valence-corrected chi connectivity index (χ1v) is 7.38. The topological polar surface area (TPSA) is 52.6 Å². The van der Waals surface area contributed by atoms with Gasteiger partial charge in [0.2, 0.25) is 5.91 Å². The van der Waals surface area contributed by atoms with Gasteiger partial charge in [-0.05, 0) is 51.2 Å². The number of carbonyl (C=O) groups is 1. The van der Waals surface area contributed by atoms with E-state index >= 15 is 0 Å². The second-order valence-corrected chi connectivity index (χ2v) is 6.67. The van der Waals surface area contributed by atoms with Crippen molar-refractivity contribution in [2.45, 2.75) is 25.9 Å². The Balaban J connectivity index is 2.52. The van der Waals surface area contributed by atoms with E-state index in [0.717, 1.165) is 15.6 Å². The maximum Gasteiger partial charge on any atom is 0.224 e. The van der Waals surface area contributed by atoms with Gasteiger partial charge in [0, 0.05) is 17.6 Å². The number of rotatable bonds is 6. The summed E-state index contributed by atoms with van der Waals surface area (Å²) in [7, 11) is 3.78. The molecule has 1 amide bonds. The number of benzene rings is 1. The molecule has 1 unspecified atom stereocenters. The van der Waals surface area contributed by atoms with Gasteiger partial charge in [0.25, 0.3) is 0 Å². The number of likely N-dealkylation sites (N-methyl/N-ethyl adjacent to an activating group) is 1. The van der Waals surface area contributed by atoms with Crippen molar-refractivity contribution in [3.05, 3.63) is 33.8 Å². The molecule has 1 aromatic rings. The third-order valence-electron chi connectivity index (χ3n) is 2.98. The lowest BCUT2D eigenvalue weighted by molar-refractivity contribution is -0.121. The molecule has 0 aliphatic heterocycles. The summed E-state index contributed by atoms with van der Waals surface area (Å²) in [5.41, 5.74) is 1.15. The zero-order valence-corrected chi connectivity index (χ0v) is 14.1. The molecule has 0 saturated carbocycles. The minimum atomic E-state index is -0.923. The molecule has 0 heterocycles. The molecule has 0 fully saturated rings. The van der Waals surface area contributed by atoms with Crippen molar-refractivity contribution in [2.24, 2.45) is 0 Å². The first kappa shape index (κ1) is 17.1. The molecule has 0 aromatic heterocycles. The van der Waals surface area contributed by atoms with E-state index in [4.69, 9.17) is 0 Å². The maximum atomic E-state index is 11.9. The number of halogens is 1. The number of nitrogens with zero attached hydrogens (tertiary/aromatic N) is 1. The van der Waals surface area contributed by atoms with Crippen LogP contribution >= 0.6 is 15.9 Å². The van der Waals surface area contributed by atoms with Crippen molar-refractivity contribution in [3.8, 4) is 0 Å². The Labute approximate surface area is 129 Å². The van der Waals surface area contributed by atoms with Crippen LogP contribution in [0.5, 0.6) is 0 Å². The molecule has 0 saturated heterocycles. The van der Waals surface area contributed by atoms with Crippen molar-refractivity contribution in [1.29, 1.82) is 0 Å².